The summed E-state index contributed by atoms with van der Waals surface area (Å²) >= 11 is 0. The van der Waals surface area contributed by atoms with Gasteiger partial charge in [0.15, 0.2) is 0 Å². The molecule has 0 amide bonds. The lowest BCUT2D eigenvalue weighted by Gasteiger charge is -2.10. The number of para-hydroxylation sites is 1. The van der Waals surface area contributed by atoms with Gasteiger partial charge < -0.3 is 9.30 Å². The highest BCUT2D eigenvalue weighted by molar-refractivity contribution is 7.61. The Labute approximate surface area is 102 Å². The molecule has 2 aromatic carbocycles. The molecule has 0 radical (unpaired) electrons. The third-order valence-corrected chi connectivity index (χ3v) is 4.69. The van der Waals surface area contributed by atoms with Gasteiger partial charge in [0.2, 0.25) is 0 Å². The molecule has 0 saturated carbocycles. The fourth-order valence-electron chi connectivity index (χ4n) is 1.80. The van der Waals surface area contributed by atoms with Gasteiger partial charge in [-0.3, -0.25) is 0 Å². The number of ether oxygens (including phenoxy) is 1. The van der Waals surface area contributed by atoms with E-state index in [2.05, 4.69) is 0 Å². The van der Waals surface area contributed by atoms with Crippen LogP contribution in [0.5, 0.6) is 5.75 Å². The van der Waals surface area contributed by atoms with Gasteiger partial charge in [0, 0.05) is 5.30 Å². The van der Waals surface area contributed by atoms with Crippen molar-refractivity contribution in [1.29, 1.82) is 0 Å². The van der Waals surface area contributed by atoms with Crippen molar-refractivity contribution in [3.8, 4) is 5.75 Å². The van der Waals surface area contributed by atoms with Crippen molar-refractivity contribution in [3.05, 3.63) is 54.1 Å². The van der Waals surface area contributed by atoms with Crippen molar-refractivity contribution < 1.29 is 9.30 Å². The van der Waals surface area contributed by atoms with Gasteiger partial charge in [-0.25, -0.2) is 0 Å². The van der Waals surface area contributed by atoms with E-state index >= 15 is 0 Å². The topological polar surface area (TPSA) is 26.3 Å². The van der Waals surface area contributed by atoms with E-state index < -0.39 is 7.80 Å². The predicted molar refractivity (Wildman–Crippen MR) is 72.4 cm³/mol. The first-order chi connectivity index (χ1) is 8.24. The molecule has 1 atom stereocenters. The van der Waals surface area contributed by atoms with Gasteiger partial charge in [-0.1, -0.05) is 36.4 Å². The van der Waals surface area contributed by atoms with E-state index in [9.17, 15) is 4.57 Å². The summed E-state index contributed by atoms with van der Waals surface area (Å²) < 4.78 is 17.8. The minimum absolute atomic E-state index is 0.694. The molecule has 0 aliphatic rings. The molecule has 0 fully saturated rings. The molecule has 3 heteroatoms. The van der Waals surface area contributed by atoms with Crippen LogP contribution in [0.25, 0.3) is 0 Å². The second-order valence-electron chi connectivity index (χ2n) is 3.84. The Morgan fingerprint density at radius 2 is 1.53 bits per heavy atom. The molecule has 0 N–H and O–H groups in total. The number of hydrogen-bond acceptors (Lipinski definition) is 2. The van der Waals surface area contributed by atoms with E-state index in [4.69, 9.17) is 4.74 Å². The van der Waals surface area contributed by atoms with Crippen molar-refractivity contribution in [1.82, 2.24) is 0 Å². The molecule has 88 valence electrons. The normalized spacial score (nSPS) is 12.1. The molecule has 0 spiro atoms. The van der Waals surface area contributed by atoms with Crippen LogP contribution in [0, 0.1) is 6.92 Å². The standard InChI is InChI=1S/C14H15O2P/c1-11-7-3-5-9-13(11)17(15)14-10-6-4-8-12(14)16-2/h3-10,17H,1-2H3. The van der Waals surface area contributed by atoms with Crippen LogP contribution < -0.4 is 15.3 Å². The maximum Gasteiger partial charge on any atom is 0.135 e. The number of benzene rings is 2. The van der Waals surface area contributed by atoms with Crippen LogP contribution >= 0.6 is 7.80 Å². The highest BCUT2D eigenvalue weighted by Gasteiger charge is 2.13. The molecule has 0 aliphatic heterocycles. The third kappa shape index (κ3) is 2.42. The third-order valence-electron chi connectivity index (χ3n) is 2.74. The highest BCUT2D eigenvalue weighted by Crippen LogP contribution is 2.26. The lowest BCUT2D eigenvalue weighted by molar-refractivity contribution is 0.418. The van der Waals surface area contributed by atoms with Crippen molar-refractivity contribution in [2.24, 2.45) is 0 Å². The zero-order chi connectivity index (χ0) is 12.3. The first-order valence-corrected chi connectivity index (χ1v) is 6.88. The molecule has 0 aliphatic carbocycles. The Balaban J connectivity index is 2.48. The summed E-state index contributed by atoms with van der Waals surface area (Å²) in [5.41, 5.74) is 1.06. The molecule has 2 aromatic rings. The summed E-state index contributed by atoms with van der Waals surface area (Å²) in [6, 6.07) is 15.3. The van der Waals surface area contributed by atoms with Gasteiger partial charge in [0.05, 0.1) is 12.4 Å². The molecule has 2 rings (SSSR count). The number of rotatable bonds is 3. The second-order valence-corrected chi connectivity index (χ2v) is 5.58. The lowest BCUT2D eigenvalue weighted by Crippen LogP contribution is -2.11. The van der Waals surface area contributed by atoms with Crippen LogP contribution in [0.15, 0.2) is 48.5 Å². The van der Waals surface area contributed by atoms with E-state index in [1.165, 1.54) is 0 Å². The lowest BCUT2D eigenvalue weighted by atomic mass is 10.2. The molecule has 0 bridgehead atoms. The summed E-state index contributed by atoms with van der Waals surface area (Å²) in [4.78, 5) is 0. The van der Waals surface area contributed by atoms with Crippen molar-refractivity contribution in [3.63, 3.8) is 0 Å². The van der Waals surface area contributed by atoms with Gasteiger partial charge in [-0.2, -0.15) is 0 Å². The minimum atomic E-state index is -1.99. The molecule has 0 saturated heterocycles. The van der Waals surface area contributed by atoms with Crippen LogP contribution in [0.3, 0.4) is 0 Å². The summed E-state index contributed by atoms with van der Waals surface area (Å²) in [7, 11) is -0.389. The Hall–Kier alpha value is -1.53. The zero-order valence-corrected chi connectivity index (χ0v) is 10.9. The Kier molecular flexibility index (Phi) is 3.65. The average molecular weight is 246 g/mol. The smallest absolute Gasteiger partial charge is 0.135 e. The van der Waals surface area contributed by atoms with E-state index in [-0.39, 0.29) is 0 Å². The van der Waals surface area contributed by atoms with Gasteiger partial charge in [0.25, 0.3) is 0 Å². The Morgan fingerprint density at radius 1 is 0.941 bits per heavy atom. The molecule has 17 heavy (non-hydrogen) atoms. The number of methoxy groups -OCH3 is 1. The minimum Gasteiger partial charge on any atom is -0.496 e. The second kappa shape index (κ2) is 5.20. The van der Waals surface area contributed by atoms with Gasteiger partial charge in [0.1, 0.15) is 13.6 Å². The predicted octanol–water partition coefficient (Wildman–Crippen LogP) is 2.51. The van der Waals surface area contributed by atoms with E-state index in [1.807, 2.05) is 55.5 Å². The van der Waals surface area contributed by atoms with Crippen LogP contribution in [0.1, 0.15) is 5.56 Å². The Morgan fingerprint density at radius 3 is 2.18 bits per heavy atom. The quantitative estimate of drug-likeness (QED) is 0.778. The molecule has 2 nitrogen and oxygen atoms in total. The molecule has 0 aromatic heterocycles. The maximum atomic E-state index is 12.6. The van der Waals surface area contributed by atoms with Gasteiger partial charge in [-0.15, -0.1) is 0 Å². The summed E-state index contributed by atoms with van der Waals surface area (Å²) in [6.45, 7) is 1.98. The van der Waals surface area contributed by atoms with Crippen LogP contribution in [0.4, 0.5) is 0 Å². The first kappa shape index (κ1) is 11.9. The fraction of sp³-hybridized carbons (Fsp3) is 0.143. The number of hydrogen-bond donors (Lipinski definition) is 0. The average Bonchev–Trinajstić information content (AvgIpc) is 2.38. The van der Waals surface area contributed by atoms with E-state index in [0.29, 0.717) is 5.75 Å². The summed E-state index contributed by atoms with van der Waals surface area (Å²) in [5.74, 6) is 0.694. The van der Waals surface area contributed by atoms with Crippen molar-refractivity contribution in [2.75, 3.05) is 7.11 Å². The van der Waals surface area contributed by atoms with Gasteiger partial charge in [-0.05, 0) is 24.6 Å². The molecular weight excluding hydrogens is 231 g/mol. The molecule has 0 heterocycles. The van der Waals surface area contributed by atoms with E-state index in [1.54, 1.807) is 7.11 Å². The van der Waals surface area contributed by atoms with Crippen LogP contribution in [-0.4, -0.2) is 7.11 Å². The molecule has 1 unspecified atom stereocenters. The van der Waals surface area contributed by atoms with Crippen molar-refractivity contribution in [2.45, 2.75) is 6.92 Å². The number of aryl methyl sites for hydroxylation is 1. The zero-order valence-electron chi connectivity index (χ0n) is 9.94. The summed E-state index contributed by atoms with van der Waals surface area (Å²) in [5, 5.41) is 1.69. The largest absolute Gasteiger partial charge is 0.496 e. The molecular formula is C14H15O2P. The summed E-state index contributed by atoms with van der Waals surface area (Å²) in [6.07, 6.45) is 0. The van der Waals surface area contributed by atoms with Crippen LogP contribution in [0.2, 0.25) is 0 Å². The maximum absolute atomic E-state index is 12.6. The first-order valence-electron chi connectivity index (χ1n) is 5.47. The van der Waals surface area contributed by atoms with Gasteiger partial charge >= 0.3 is 0 Å². The monoisotopic (exact) mass is 246 g/mol. The van der Waals surface area contributed by atoms with Crippen molar-refractivity contribution >= 4 is 18.4 Å². The van der Waals surface area contributed by atoms with Crippen LogP contribution in [-0.2, 0) is 4.57 Å². The Bertz CT molecular complexity index is 549. The fourth-order valence-corrected chi connectivity index (χ4v) is 3.44. The van der Waals surface area contributed by atoms with E-state index in [0.717, 1.165) is 16.2 Å². The highest BCUT2D eigenvalue weighted by atomic mass is 31.1. The SMILES string of the molecule is COc1ccccc1[PH](=O)c1ccccc1C.